The molecule has 14 heteroatoms. The van der Waals surface area contributed by atoms with E-state index in [1.165, 1.54) is 48.5 Å². The van der Waals surface area contributed by atoms with Crippen molar-refractivity contribution in [3.63, 3.8) is 0 Å². The minimum Gasteiger partial charge on any atom is -0.744 e. The number of carbonyl (C=O) groups is 1. The van der Waals surface area contributed by atoms with Crippen LogP contribution in [0.3, 0.4) is 0 Å². The minimum atomic E-state index is -4.74. The van der Waals surface area contributed by atoms with Crippen molar-refractivity contribution in [2.75, 3.05) is 0 Å². The molecule has 0 saturated carbocycles. The molecular formula is C19H12Na3O8PS2. The van der Waals surface area contributed by atoms with Crippen LogP contribution in [0.2, 0.25) is 0 Å². The van der Waals surface area contributed by atoms with E-state index in [0.29, 0.717) is 15.9 Å². The molecule has 0 amide bonds. The zero-order chi connectivity index (χ0) is 22.1. The summed E-state index contributed by atoms with van der Waals surface area (Å²) in [5.74, 6) is -1.38. The second-order valence-electron chi connectivity index (χ2n) is 6.07. The average molecular weight is 532 g/mol. The number of hydrogen-bond acceptors (Lipinski definition) is 8. The van der Waals surface area contributed by atoms with Crippen molar-refractivity contribution in [3.8, 4) is 0 Å². The van der Waals surface area contributed by atoms with Gasteiger partial charge in [0.1, 0.15) is 20.2 Å². The molecule has 0 heterocycles. The molecule has 0 spiro atoms. The summed E-state index contributed by atoms with van der Waals surface area (Å²) < 4.78 is 68.7. The first-order chi connectivity index (χ1) is 14.0. The molecule has 0 bridgehead atoms. The third-order valence-electron chi connectivity index (χ3n) is 4.09. The van der Waals surface area contributed by atoms with Crippen molar-refractivity contribution in [3.05, 3.63) is 78.4 Å². The summed E-state index contributed by atoms with van der Waals surface area (Å²) in [6.07, 6.45) is 0. The molecule has 3 rings (SSSR count). The molecule has 0 aromatic heterocycles. The first-order valence-corrected chi connectivity index (χ1v) is 12.4. The molecule has 8 nitrogen and oxygen atoms in total. The van der Waals surface area contributed by atoms with Crippen LogP contribution < -0.4 is 110 Å². The molecule has 0 unspecified atom stereocenters. The number of hydrogen-bond donors (Lipinski definition) is 0. The van der Waals surface area contributed by atoms with Crippen LogP contribution in [0.5, 0.6) is 0 Å². The monoisotopic (exact) mass is 532 g/mol. The molecule has 156 valence electrons. The molecule has 0 radical (unpaired) electrons. The third kappa shape index (κ3) is 8.77. The van der Waals surface area contributed by atoms with Crippen molar-refractivity contribution < 1.29 is 125 Å². The van der Waals surface area contributed by atoms with Gasteiger partial charge in [-0.1, -0.05) is 48.5 Å². The molecule has 0 atom stereocenters. The SMILES string of the molecule is O=C([O-])c1ccc(P(c2cccc(S(=O)(=O)[O-])c2)c2cccc(S(=O)(=O)[O-])c2)cc1.[Na+].[Na+].[Na+]. The smallest absolute Gasteiger partial charge is 0.744 e. The van der Waals surface area contributed by atoms with Gasteiger partial charge >= 0.3 is 88.7 Å². The van der Waals surface area contributed by atoms with Crippen molar-refractivity contribution in [2.24, 2.45) is 0 Å². The second-order valence-corrected chi connectivity index (χ2v) is 11.1. The van der Waals surface area contributed by atoms with Crippen LogP contribution in [-0.4, -0.2) is 31.9 Å². The van der Waals surface area contributed by atoms with Gasteiger partial charge in [-0.3, -0.25) is 0 Å². The van der Waals surface area contributed by atoms with Gasteiger partial charge in [0.25, 0.3) is 0 Å². The Hall–Kier alpha value is 0.380. The summed E-state index contributed by atoms with van der Waals surface area (Å²) in [5, 5.41) is 12.3. The maximum Gasteiger partial charge on any atom is 1.00 e. The Morgan fingerprint density at radius 1 is 0.636 bits per heavy atom. The van der Waals surface area contributed by atoms with E-state index in [0.717, 1.165) is 12.1 Å². The fraction of sp³-hybridized carbons (Fsp3) is 0. The van der Waals surface area contributed by atoms with Gasteiger partial charge in [0.05, 0.1) is 15.8 Å². The number of carbonyl (C=O) groups excluding carboxylic acids is 1. The van der Waals surface area contributed by atoms with Gasteiger partial charge in [0.15, 0.2) is 0 Å². The topological polar surface area (TPSA) is 155 Å². The van der Waals surface area contributed by atoms with E-state index >= 15 is 0 Å². The van der Waals surface area contributed by atoms with E-state index in [-0.39, 0.29) is 94.2 Å². The Morgan fingerprint density at radius 2 is 1.03 bits per heavy atom. The minimum absolute atomic E-state index is 0. The first-order valence-electron chi connectivity index (χ1n) is 8.20. The predicted octanol–water partition coefficient (Wildman–Crippen LogP) is -9.37. The number of carboxylic acids is 1. The fourth-order valence-electron chi connectivity index (χ4n) is 2.75. The molecule has 33 heavy (non-hydrogen) atoms. The third-order valence-corrected chi connectivity index (χ3v) is 8.16. The quantitative estimate of drug-likeness (QED) is 0.172. The maximum atomic E-state index is 11.4. The summed E-state index contributed by atoms with van der Waals surface area (Å²) in [7, 11) is -11.1. The molecule has 0 fully saturated rings. The number of benzene rings is 3. The molecular weight excluding hydrogens is 520 g/mol. The van der Waals surface area contributed by atoms with Gasteiger partial charge in [-0.25, -0.2) is 16.8 Å². The average Bonchev–Trinajstić information content (AvgIpc) is 2.68. The van der Waals surface area contributed by atoms with Crippen LogP contribution in [-0.2, 0) is 20.2 Å². The Labute approximate surface area is 259 Å². The normalized spacial score (nSPS) is 11.0. The van der Waals surface area contributed by atoms with Gasteiger partial charge in [0, 0.05) is 0 Å². The van der Waals surface area contributed by atoms with Crippen molar-refractivity contribution in [1.82, 2.24) is 0 Å². The van der Waals surface area contributed by atoms with Crippen LogP contribution in [0.15, 0.2) is 82.6 Å². The van der Waals surface area contributed by atoms with Gasteiger partial charge in [-0.2, -0.15) is 0 Å². The Balaban J connectivity index is 0.00000341. The first kappa shape index (κ1) is 33.4. The van der Waals surface area contributed by atoms with E-state index < -0.39 is 43.9 Å². The van der Waals surface area contributed by atoms with E-state index in [1.54, 1.807) is 12.1 Å². The summed E-state index contributed by atoms with van der Waals surface area (Å²) in [6.45, 7) is 0. The van der Waals surface area contributed by atoms with Crippen LogP contribution in [0, 0.1) is 0 Å². The predicted molar refractivity (Wildman–Crippen MR) is 105 cm³/mol. The molecule has 0 aliphatic rings. The Kier molecular flexibility index (Phi) is 13.8. The molecule has 3 aromatic rings. The van der Waals surface area contributed by atoms with Crippen molar-refractivity contribution in [2.45, 2.75) is 9.79 Å². The van der Waals surface area contributed by atoms with Gasteiger partial charge in [-0.15, -0.1) is 0 Å². The molecule has 0 saturated heterocycles. The summed E-state index contributed by atoms with van der Waals surface area (Å²) in [4.78, 5) is 10.1. The Morgan fingerprint density at radius 3 is 1.36 bits per heavy atom. The van der Waals surface area contributed by atoms with Crippen LogP contribution in [0.25, 0.3) is 0 Å². The van der Waals surface area contributed by atoms with E-state index in [2.05, 4.69) is 0 Å². The number of rotatable bonds is 6. The summed E-state index contributed by atoms with van der Waals surface area (Å²) in [5.41, 5.74) is -0.0829. The van der Waals surface area contributed by atoms with Gasteiger partial charge in [-0.05, 0) is 53.7 Å². The molecule has 3 aromatic carbocycles. The molecule has 0 N–H and O–H groups in total. The van der Waals surface area contributed by atoms with Gasteiger partial charge in [0.2, 0.25) is 0 Å². The number of aromatic carboxylic acids is 1. The zero-order valence-corrected chi connectivity index (χ0v) is 26.5. The largest absolute Gasteiger partial charge is 1.00 e. The second kappa shape index (κ2) is 13.6. The van der Waals surface area contributed by atoms with E-state index in [1.807, 2.05) is 0 Å². The molecule has 0 aliphatic carbocycles. The van der Waals surface area contributed by atoms with Crippen molar-refractivity contribution in [1.29, 1.82) is 0 Å². The van der Waals surface area contributed by atoms with Crippen LogP contribution in [0.4, 0.5) is 0 Å². The summed E-state index contributed by atoms with van der Waals surface area (Å²) in [6, 6.07) is 16.0. The fourth-order valence-corrected chi connectivity index (χ4v) is 6.31. The van der Waals surface area contributed by atoms with Crippen LogP contribution in [0.1, 0.15) is 10.4 Å². The Bertz CT molecular complexity index is 1260. The van der Waals surface area contributed by atoms with E-state index in [4.69, 9.17) is 0 Å². The molecule has 0 aliphatic heterocycles. The maximum absolute atomic E-state index is 11.4. The van der Waals surface area contributed by atoms with Crippen molar-refractivity contribution >= 4 is 50.0 Å². The number of carboxylic acid groups (broad SMARTS) is 1. The van der Waals surface area contributed by atoms with Crippen LogP contribution >= 0.6 is 7.92 Å². The standard InChI is InChI=1S/C19H15O8PS2.3Na/c20-19(21)13-7-9-14(10-8-13)28(15-3-1-5-17(11-15)29(22,23)24)16-4-2-6-18(12-16)30(25,26)27;;;/h1-12H,(H,20,21)(H,22,23,24)(H,25,26,27);;;/q;3*+1/p-3. The zero-order valence-electron chi connectivity index (χ0n) is 18.0. The van der Waals surface area contributed by atoms with Gasteiger partial charge < -0.3 is 19.0 Å². The summed E-state index contributed by atoms with van der Waals surface area (Å²) >= 11 is 0. The van der Waals surface area contributed by atoms with E-state index in [9.17, 15) is 35.8 Å².